The van der Waals surface area contributed by atoms with E-state index in [1.165, 1.54) is 38.0 Å². The fraction of sp³-hybridized carbons (Fsp3) is 0.688. The molecule has 1 unspecified atom stereocenters. The van der Waals surface area contributed by atoms with E-state index in [0.29, 0.717) is 6.42 Å². The first-order valence-corrected chi connectivity index (χ1v) is 7.91. The smallest absolute Gasteiger partial charge is 0.0957 e. The molecule has 1 aromatic heterocycles. The van der Waals surface area contributed by atoms with Gasteiger partial charge in [-0.15, -0.1) is 0 Å². The molecule has 2 saturated heterocycles. The third kappa shape index (κ3) is 2.81. The van der Waals surface area contributed by atoms with E-state index in [4.69, 9.17) is 0 Å². The molecule has 3 rings (SSSR count). The highest BCUT2D eigenvalue weighted by Crippen LogP contribution is 2.25. The van der Waals surface area contributed by atoms with Gasteiger partial charge in [-0.3, -0.25) is 9.88 Å². The summed E-state index contributed by atoms with van der Waals surface area (Å²) in [4.78, 5) is 9.54. The second-order valence-electron chi connectivity index (χ2n) is 6.00. The van der Waals surface area contributed by atoms with Gasteiger partial charge in [-0.25, -0.2) is 0 Å². The van der Waals surface area contributed by atoms with E-state index >= 15 is 0 Å². The summed E-state index contributed by atoms with van der Waals surface area (Å²) >= 11 is 0. The fourth-order valence-electron chi connectivity index (χ4n) is 3.43. The van der Waals surface area contributed by atoms with Crippen molar-refractivity contribution in [3.63, 3.8) is 0 Å². The number of aromatic nitrogens is 1. The molecule has 3 heterocycles. The number of hydrogen-bond donors (Lipinski definition) is 1. The molecule has 2 aliphatic rings. The molecule has 1 aromatic rings. The Hall–Kier alpha value is -1.13. The number of aliphatic hydroxyl groups is 1. The molecule has 2 aliphatic heterocycles. The van der Waals surface area contributed by atoms with Crippen molar-refractivity contribution in [2.75, 3.05) is 31.1 Å². The van der Waals surface area contributed by atoms with Crippen molar-refractivity contribution in [2.45, 2.75) is 44.8 Å². The van der Waals surface area contributed by atoms with Crippen LogP contribution in [0.3, 0.4) is 0 Å². The van der Waals surface area contributed by atoms with E-state index in [0.717, 1.165) is 24.8 Å². The van der Waals surface area contributed by atoms with Gasteiger partial charge >= 0.3 is 0 Å². The fourth-order valence-corrected chi connectivity index (χ4v) is 3.43. The van der Waals surface area contributed by atoms with Crippen LogP contribution < -0.4 is 4.90 Å². The number of rotatable bonds is 3. The molecule has 0 aromatic carbocycles. The van der Waals surface area contributed by atoms with Crippen molar-refractivity contribution in [1.82, 2.24) is 9.88 Å². The SMILES string of the molecule is CC[C@@H](O)c1ccc(N2CCCN3CCCC3C2)cn1. The Morgan fingerprint density at radius 3 is 2.90 bits per heavy atom. The summed E-state index contributed by atoms with van der Waals surface area (Å²) in [5.74, 6) is 0. The van der Waals surface area contributed by atoms with Gasteiger partial charge in [0.15, 0.2) is 0 Å². The van der Waals surface area contributed by atoms with E-state index in [2.05, 4.69) is 20.9 Å². The first-order chi connectivity index (χ1) is 9.78. The van der Waals surface area contributed by atoms with E-state index in [9.17, 15) is 5.11 Å². The molecule has 110 valence electrons. The van der Waals surface area contributed by atoms with Gasteiger partial charge in [0.25, 0.3) is 0 Å². The minimum atomic E-state index is -0.432. The van der Waals surface area contributed by atoms with Crippen molar-refractivity contribution in [1.29, 1.82) is 0 Å². The summed E-state index contributed by atoms with van der Waals surface area (Å²) in [5.41, 5.74) is 1.99. The summed E-state index contributed by atoms with van der Waals surface area (Å²) in [6.45, 7) is 6.73. The average molecular weight is 275 g/mol. The highest BCUT2D eigenvalue weighted by molar-refractivity contribution is 5.45. The van der Waals surface area contributed by atoms with Gasteiger partial charge in [-0.2, -0.15) is 0 Å². The van der Waals surface area contributed by atoms with Crippen LogP contribution in [0.4, 0.5) is 5.69 Å². The van der Waals surface area contributed by atoms with Crippen LogP contribution in [0.5, 0.6) is 0 Å². The second-order valence-corrected chi connectivity index (χ2v) is 6.00. The first kappa shape index (κ1) is 13.8. The topological polar surface area (TPSA) is 39.6 Å². The second kappa shape index (κ2) is 6.10. The molecule has 1 N–H and O–H groups in total. The maximum absolute atomic E-state index is 9.82. The third-order valence-electron chi connectivity index (χ3n) is 4.67. The molecule has 2 fully saturated rings. The van der Waals surface area contributed by atoms with Gasteiger partial charge in [-0.05, 0) is 44.4 Å². The normalized spacial score (nSPS) is 25.3. The van der Waals surface area contributed by atoms with Crippen LogP contribution in [0.25, 0.3) is 0 Å². The van der Waals surface area contributed by atoms with Gasteiger partial charge in [0.2, 0.25) is 0 Å². The lowest BCUT2D eigenvalue weighted by Crippen LogP contribution is -2.36. The third-order valence-corrected chi connectivity index (χ3v) is 4.67. The highest BCUT2D eigenvalue weighted by Gasteiger charge is 2.28. The van der Waals surface area contributed by atoms with E-state index in [-0.39, 0.29) is 0 Å². The zero-order chi connectivity index (χ0) is 13.9. The molecule has 20 heavy (non-hydrogen) atoms. The van der Waals surface area contributed by atoms with Crippen LogP contribution in [0.15, 0.2) is 18.3 Å². The lowest BCUT2D eigenvalue weighted by molar-refractivity contribution is 0.169. The van der Waals surface area contributed by atoms with Crippen LogP contribution in [-0.2, 0) is 0 Å². The number of nitrogens with zero attached hydrogens (tertiary/aromatic N) is 3. The Morgan fingerprint density at radius 2 is 2.15 bits per heavy atom. The summed E-state index contributed by atoms with van der Waals surface area (Å²) in [5, 5.41) is 9.82. The summed E-state index contributed by atoms with van der Waals surface area (Å²) < 4.78 is 0. The maximum Gasteiger partial charge on any atom is 0.0957 e. The molecule has 4 nitrogen and oxygen atoms in total. The Balaban J connectivity index is 1.71. The lowest BCUT2D eigenvalue weighted by atomic mass is 10.1. The molecule has 2 atom stereocenters. The number of fused-ring (bicyclic) bond motifs is 1. The predicted octanol–water partition coefficient (Wildman–Crippen LogP) is 2.20. The molecule has 0 bridgehead atoms. The Kier molecular flexibility index (Phi) is 4.22. The van der Waals surface area contributed by atoms with Gasteiger partial charge in [0, 0.05) is 25.7 Å². The van der Waals surface area contributed by atoms with E-state index in [1.807, 2.05) is 19.2 Å². The zero-order valence-corrected chi connectivity index (χ0v) is 12.3. The summed E-state index contributed by atoms with van der Waals surface area (Å²) in [6.07, 6.45) is 6.12. The standard InChI is InChI=1S/C16H25N3O/c1-2-16(20)15-7-6-13(11-17-15)19-10-4-9-18-8-3-5-14(18)12-19/h6-7,11,14,16,20H,2-5,8-10,12H2,1H3/t14?,16-/m1/s1. The summed E-state index contributed by atoms with van der Waals surface area (Å²) in [6, 6.07) is 4.81. The average Bonchev–Trinajstić information content (AvgIpc) is 2.83. The molecule has 0 amide bonds. The van der Waals surface area contributed by atoms with Crippen LogP contribution in [-0.4, -0.2) is 47.2 Å². The van der Waals surface area contributed by atoms with Crippen LogP contribution >= 0.6 is 0 Å². The van der Waals surface area contributed by atoms with Crippen molar-refractivity contribution >= 4 is 5.69 Å². The van der Waals surface area contributed by atoms with Gasteiger partial charge in [-0.1, -0.05) is 6.92 Å². The first-order valence-electron chi connectivity index (χ1n) is 7.91. The Labute approximate surface area is 121 Å². The molecular weight excluding hydrogens is 250 g/mol. The molecule has 0 saturated carbocycles. The van der Waals surface area contributed by atoms with Crippen LogP contribution in [0, 0.1) is 0 Å². The van der Waals surface area contributed by atoms with E-state index < -0.39 is 6.10 Å². The minimum Gasteiger partial charge on any atom is -0.387 e. The number of pyridine rings is 1. The largest absolute Gasteiger partial charge is 0.387 e. The monoisotopic (exact) mass is 275 g/mol. The van der Waals surface area contributed by atoms with Gasteiger partial charge < -0.3 is 10.0 Å². The predicted molar refractivity (Wildman–Crippen MR) is 80.9 cm³/mol. The van der Waals surface area contributed by atoms with Crippen molar-refractivity contribution in [2.24, 2.45) is 0 Å². The highest BCUT2D eigenvalue weighted by atomic mass is 16.3. The van der Waals surface area contributed by atoms with Crippen molar-refractivity contribution in [3.05, 3.63) is 24.0 Å². The van der Waals surface area contributed by atoms with Gasteiger partial charge in [0.1, 0.15) is 0 Å². The summed E-state index contributed by atoms with van der Waals surface area (Å²) in [7, 11) is 0. The lowest BCUT2D eigenvalue weighted by Gasteiger charge is -2.27. The number of anilines is 1. The molecule has 0 aliphatic carbocycles. The van der Waals surface area contributed by atoms with Crippen molar-refractivity contribution in [3.8, 4) is 0 Å². The molecule has 0 radical (unpaired) electrons. The molecule has 4 heteroatoms. The van der Waals surface area contributed by atoms with Gasteiger partial charge in [0.05, 0.1) is 23.7 Å². The zero-order valence-electron chi connectivity index (χ0n) is 12.3. The Morgan fingerprint density at radius 1 is 1.30 bits per heavy atom. The molecule has 0 spiro atoms. The van der Waals surface area contributed by atoms with Crippen LogP contribution in [0.1, 0.15) is 44.4 Å². The maximum atomic E-state index is 9.82. The minimum absolute atomic E-state index is 0.432. The number of hydrogen-bond acceptors (Lipinski definition) is 4. The quantitative estimate of drug-likeness (QED) is 0.918. The van der Waals surface area contributed by atoms with Crippen LogP contribution in [0.2, 0.25) is 0 Å². The van der Waals surface area contributed by atoms with Crippen molar-refractivity contribution < 1.29 is 5.11 Å². The van der Waals surface area contributed by atoms with E-state index in [1.54, 1.807) is 0 Å². The number of aliphatic hydroxyl groups excluding tert-OH is 1. The molecular formula is C16H25N3O. The Bertz CT molecular complexity index is 434.